The quantitative estimate of drug-likeness (QED) is 0.873. The molecule has 2 N–H and O–H groups in total. The van der Waals surface area contributed by atoms with Crippen molar-refractivity contribution in [2.75, 3.05) is 18.4 Å². The van der Waals surface area contributed by atoms with E-state index in [4.69, 9.17) is 0 Å². The number of carbonyl (C=O) groups excluding carboxylic acids is 1. The van der Waals surface area contributed by atoms with E-state index < -0.39 is 0 Å². The summed E-state index contributed by atoms with van der Waals surface area (Å²) in [5.74, 6) is 0.984. The van der Waals surface area contributed by atoms with E-state index in [9.17, 15) is 4.79 Å². The van der Waals surface area contributed by atoms with E-state index in [1.807, 2.05) is 0 Å². The number of aryl methyl sites for hydroxylation is 2. The first kappa shape index (κ1) is 14.6. The third-order valence-corrected chi connectivity index (χ3v) is 5.29. The fraction of sp³-hybridized carbons (Fsp3) is 0.611. The predicted octanol–water partition coefficient (Wildman–Crippen LogP) is 1.82. The summed E-state index contributed by atoms with van der Waals surface area (Å²) in [5.41, 5.74) is 3.84. The lowest BCUT2D eigenvalue weighted by atomic mass is 9.98. The molecule has 0 radical (unpaired) electrons. The number of hydrogen-bond acceptors (Lipinski definition) is 1. The molecule has 1 aliphatic heterocycles. The molecule has 0 bridgehead atoms. The smallest absolute Gasteiger partial charge is 0.282 e. The van der Waals surface area contributed by atoms with Gasteiger partial charge in [-0.2, -0.15) is 0 Å². The van der Waals surface area contributed by atoms with Crippen molar-refractivity contribution in [3.63, 3.8) is 0 Å². The number of piperidine rings is 1. The summed E-state index contributed by atoms with van der Waals surface area (Å²) in [5, 5.41) is 3.12. The molecule has 1 heterocycles. The highest BCUT2D eigenvalue weighted by atomic mass is 16.2. The van der Waals surface area contributed by atoms with E-state index in [1.165, 1.54) is 41.7 Å². The van der Waals surface area contributed by atoms with Gasteiger partial charge < -0.3 is 10.2 Å². The van der Waals surface area contributed by atoms with E-state index in [0.29, 0.717) is 0 Å². The first-order valence-electron chi connectivity index (χ1n) is 8.40. The van der Waals surface area contributed by atoms with Crippen LogP contribution in [0.25, 0.3) is 0 Å². The SMILES string of the molecule is CC1CC[NH+]([C@@H](C)C(=O)Nc2ccc3c(c2)CCC3)CC1. The molecule has 0 spiro atoms. The highest BCUT2D eigenvalue weighted by Crippen LogP contribution is 2.24. The van der Waals surface area contributed by atoms with Crippen LogP contribution in [-0.2, 0) is 17.6 Å². The first-order valence-corrected chi connectivity index (χ1v) is 8.40. The highest BCUT2D eigenvalue weighted by Gasteiger charge is 2.28. The van der Waals surface area contributed by atoms with Gasteiger partial charge in [0.15, 0.2) is 6.04 Å². The lowest BCUT2D eigenvalue weighted by molar-refractivity contribution is -0.919. The van der Waals surface area contributed by atoms with Crippen LogP contribution in [0.1, 0.15) is 44.2 Å². The van der Waals surface area contributed by atoms with Crippen molar-refractivity contribution in [1.29, 1.82) is 0 Å². The van der Waals surface area contributed by atoms with Crippen LogP contribution in [0.2, 0.25) is 0 Å². The molecule has 0 unspecified atom stereocenters. The monoisotopic (exact) mass is 287 g/mol. The van der Waals surface area contributed by atoms with Crippen LogP contribution in [-0.4, -0.2) is 25.0 Å². The van der Waals surface area contributed by atoms with Gasteiger partial charge >= 0.3 is 0 Å². The third-order valence-electron chi connectivity index (χ3n) is 5.29. The lowest BCUT2D eigenvalue weighted by Crippen LogP contribution is -3.17. The molecule has 1 aromatic carbocycles. The van der Waals surface area contributed by atoms with E-state index in [-0.39, 0.29) is 11.9 Å². The van der Waals surface area contributed by atoms with Gasteiger partial charge in [0.25, 0.3) is 5.91 Å². The molecule has 3 nitrogen and oxygen atoms in total. The number of benzene rings is 1. The van der Waals surface area contributed by atoms with Crippen LogP contribution >= 0.6 is 0 Å². The Balaban J connectivity index is 1.60. The van der Waals surface area contributed by atoms with Gasteiger partial charge in [0.2, 0.25) is 0 Å². The summed E-state index contributed by atoms with van der Waals surface area (Å²) in [6, 6.07) is 6.45. The molecule has 0 saturated carbocycles. The standard InChI is InChI=1S/C18H26N2O/c1-13-8-10-20(11-9-13)14(2)18(21)19-17-7-6-15-4-3-5-16(15)12-17/h6-7,12-14H,3-5,8-11H2,1-2H3,(H,19,21)/p+1/t14-/m0/s1. The molecule has 3 rings (SSSR count). The Labute approximate surface area is 127 Å². The largest absolute Gasteiger partial charge is 0.325 e. The van der Waals surface area contributed by atoms with Gasteiger partial charge in [0, 0.05) is 5.69 Å². The first-order chi connectivity index (χ1) is 10.1. The number of nitrogens with one attached hydrogen (secondary N) is 2. The Morgan fingerprint density at radius 2 is 1.95 bits per heavy atom. The second kappa shape index (κ2) is 6.18. The number of likely N-dealkylation sites (tertiary alicyclic amines) is 1. The molecule has 114 valence electrons. The normalized spacial score (nSPS) is 26.2. The van der Waals surface area contributed by atoms with Crippen molar-refractivity contribution in [2.45, 2.75) is 52.0 Å². The number of amides is 1. The minimum Gasteiger partial charge on any atom is -0.325 e. The maximum Gasteiger partial charge on any atom is 0.282 e. The van der Waals surface area contributed by atoms with Gasteiger partial charge in [-0.15, -0.1) is 0 Å². The zero-order chi connectivity index (χ0) is 14.8. The molecule has 1 aliphatic carbocycles. The van der Waals surface area contributed by atoms with Crippen molar-refractivity contribution in [2.24, 2.45) is 5.92 Å². The molecule has 3 heteroatoms. The summed E-state index contributed by atoms with van der Waals surface area (Å²) in [7, 11) is 0. The minimum atomic E-state index is 0.0470. The van der Waals surface area contributed by atoms with Gasteiger partial charge in [0.05, 0.1) is 13.1 Å². The molecular formula is C18H27N2O+. The van der Waals surface area contributed by atoms with Crippen molar-refractivity contribution >= 4 is 11.6 Å². The van der Waals surface area contributed by atoms with E-state index >= 15 is 0 Å². The molecule has 1 fully saturated rings. The molecular weight excluding hydrogens is 260 g/mol. The van der Waals surface area contributed by atoms with E-state index in [2.05, 4.69) is 37.4 Å². The fourth-order valence-corrected chi connectivity index (χ4v) is 3.65. The Bertz CT molecular complexity index is 518. The average molecular weight is 287 g/mol. The molecule has 0 aromatic heterocycles. The van der Waals surface area contributed by atoms with Gasteiger partial charge in [-0.1, -0.05) is 13.0 Å². The Hall–Kier alpha value is -1.35. The molecule has 1 amide bonds. The summed E-state index contributed by atoms with van der Waals surface area (Å²) in [6.07, 6.45) is 6.08. The van der Waals surface area contributed by atoms with E-state index in [1.54, 1.807) is 0 Å². The summed E-state index contributed by atoms with van der Waals surface area (Å²) in [6.45, 7) is 6.62. The number of rotatable bonds is 3. The van der Waals surface area contributed by atoms with Crippen LogP contribution in [0.3, 0.4) is 0 Å². The second-order valence-electron chi connectivity index (χ2n) is 6.89. The molecule has 21 heavy (non-hydrogen) atoms. The van der Waals surface area contributed by atoms with Gasteiger partial charge in [-0.05, 0) is 68.2 Å². The van der Waals surface area contributed by atoms with Crippen molar-refractivity contribution in [3.05, 3.63) is 29.3 Å². The second-order valence-corrected chi connectivity index (χ2v) is 6.89. The van der Waals surface area contributed by atoms with Crippen LogP contribution in [0.4, 0.5) is 5.69 Å². The van der Waals surface area contributed by atoms with E-state index in [0.717, 1.165) is 31.1 Å². The average Bonchev–Trinajstić information content (AvgIpc) is 2.95. The number of fused-ring (bicyclic) bond motifs is 1. The third kappa shape index (κ3) is 3.29. The number of quaternary nitrogens is 1. The zero-order valence-corrected chi connectivity index (χ0v) is 13.2. The van der Waals surface area contributed by atoms with Crippen LogP contribution in [0, 0.1) is 5.92 Å². The minimum absolute atomic E-state index is 0.0470. The molecule has 1 saturated heterocycles. The summed E-state index contributed by atoms with van der Waals surface area (Å²) < 4.78 is 0. The van der Waals surface area contributed by atoms with Gasteiger partial charge in [0.1, 0.15) is 0 Å². The van der Waals surface area contributed by atoms with Gasteiger partial charge in [-0.25, -0.2) is 0 Å². The highest BCUT2D eigenvalue weighted by molar-refractivity contribution is 5.93. The summed E-state index contributed by atoms with van der Waals surface area (Å²) in [4.78, 5) is 13.9. The van der Waals surface area contributed by atoms with Crippen LogP contribution < -0.4 is 10.2 Å². The van der Waals surface area contributed by atoms with Crippen molar-refractivity contribution in [1.82, 2.24) is 0 Å². The van der Waals surface area contributed by atoms with Gasteiger partial charge in [-0.3, -0.25) is 4.79 Å². The Morgan fingerprint density at radius 3 is 2.71 bits per heavy atom. The lowest BCUT2D eigenvalue weighted by Gasteiger charge is -2.31. The molecule has 1 aromatic rings. The number of anilines is 1. The van der Waals surface area contributed by atoms with Crippen LogP contribution in [0.5, 0.6) is 0 Å². The molecule has 2 aliphatic rings. The Kier molecular flexibility index (Phi) is 4.29. The van der Waals surface area contributed by atoms with Crippen molar-refractivity contribution in [3.8, 4) is 0 Å². The Morgan fingerprint density at radius 1 is 1.24 bits per heavy atom. The topological polar surface area (TPSA) is 33.5 Å². The zero-order valence-electron chi connectivity index (χ0n) is 13.2. The maximum atomic E-state index is 12.5. The predicted molar refractivity (Wildman–Crippen MR) is 85.7 cm³/mol. The van der Waals surface area contributed by atoms with Crippen molar-refractivity contribution < 1.29 is 9.69 Å². The summed E-state index contributed by atoms with van der Waals surface area (Å²) >= 11 is 0. The number of hydrogen-bond donors (Lipinski definition) is 2. The molecule has 1 atom stereocenters. The van der Waals surface area contributed by atoms with Crippen LogP contribution in [0.15, 0.2) is 18.2 Å². The number of carbonyl (C=O) groups is 1. The maximum absolute atomic E-state index is 12.5. The fourth-order valence-electron chi connectivity index (χ4n) is 3.65.